The van der Waals surface area contributed by atoms with Gasteiger partial charge >= 0.3 is 6.09 Å². The lowest BCUT2D eigenvalue weighted by atomic mass is 10.0. The monoisotopic (exact) mass is 353 g/mol. The van der Waals surface area contributed by atoms with Crippen molar-refractivity contribution >= 4 is 12.2 Å². The highest BCUT2D eigenvalue weighted by atomic mass is 16.6. The van der Waals surface area contributed by atoms with Crippen molar-refractivity contribution in [2.24, 2.45) is 0 Å². The molecular formula is C22H27NO3. The molecule has 0 saturated carbocycles. The maximum atomic E-state index is 12.2. The predicted molar refractivity (Wildman–Crippen MR) is 105 cm³/mol. The summed E-state index contributed by atoms with van der Waals surface area (Å²) in [5.41, 5.74) is 1.43. The van der Waals surface area contributed by atoms with Gasteiger partial charge < -0.3 is 15.2 Å². The van der Waals surface area contributed by atoms with Gasteiger partial charge in [-0.15, -0.1) is 0 Å². The average Bonchev–Trinajstić information content (AvgIpc) is 2.59. The van der Waals surface area contributed by atoms with E-state index in [9.17, 15) is 9.90 Å². The molecule has 0 spiro atoms. The Bertz CT molecular complexity index is 705. The van der Waals surface area contributed by atoms with Crippen LogP contribution in [0.3, 0.4) is 0 Å². The molecule has 2 N–H and O–H groups in total. The smallest absolute Gasteiger partial charge is 0.407 e. The number of rotatable bonds is 6. The van der Waals surface area contributed by atoms with Gasteiger partial charge in [-0.05, 0) is 38.3 Å². The third-order valence-electron chi connectivity index (χ3n) is 3.70. The van der Waals surface area contributed by atoms with Gasteiger partial charge in [0, 0.05) is 0 Å². The second kappa shape index (κ2) is 9.20. The van der Waals surface area contributed by atoms with Crippen molar-refractivity contribution in [1.29, 1.82) is 0 Å². The molecule has 0 fully saturated rings. The van der Waals surface area contributed by atoms with Gasteiger partial charge in [0.15, 0.2) is 0 Å². The average molecular weight is 353 g/mol. The summed E-state index contributed by atoms with van der Waals surface area (Å²) in [6, 6.07) is 19.0. The van der Waals surface area contributed by atoms with Crippen molar-refractivity contribution < 1.29 is 14.6 Å². The van der Waals surface area contributed by atoms with Crippen LogP contribution in [0.1, 0.15) is 31.9 Å². The molecule has 0 radical (unpaired) electrons. The second-order valence-electron chi connectivity index (χ2n) is 7.20. The zero-order chi connectivity index (χ0) is 19.0. The van der Waals surface area contributed by atoms with E-state index in [0.29, 0.717) is 6.42 Å². The highest BCUT2D eigenvalue weighted by Gasteiger charge is 2.23. The number of amides is 1. The van der Waals surface area contributed by atoms with Crippen LogP contribution in [0.2, 0.25) is 0 Å². The number of hydrogen-bond acceptors (Lipinski definition) is 3. The Morgan fingerprint density at radius 3 is 2.23 bits per heavy atom. The van der Waals surface area contributed by atoms with Crippen LogP contribution >= 0.6 is 0 Å². The highest BCUT2D eigenvalue weighted by Crippen LogP contribution is 2.12. The quantitative estimate of drug-likeness (QED) is 0.818. The fourth-order valence-electron chi connectivity index (χ4n) is 2.49. The van der Waals surface area contributed by atoms with Gasteiger partial charge in [-0.3, -0.25) is 0 Å². The number of ether oxygens (including phenoxy) is 1. The lowest BCUT2D eigenvalue weighted by molar-refractivity contribution is 0.0455. The Hall–Kier alpha value is -2.59. The minimum Gasteiger partial charge on any atom is -0.444 e. The van der Waals surface area contributed by atoms with E-state index < -0.39 is 23.8 Å². The fraction of sp³-hybridized carbons (Fsp3) is 0.318. The number of carbonyl (C=O) groups is 1. The number of carbonyl (C=O) groups excluding carboxylic acids is 1. The minimum atomic E-state index is -0.845. The molecule has 4 nitrogen and oxygen atoms in total. The van der Waals surface area contributed by atoms with E-state index in [0.717, 1.165) is 11.1 Å². The summed E-state index contributed by atoms with van der Waals surface area (Å²) >= 11 is 0. The number of hydrogen-bond donors (Lipinski definition) is 2. The largest absolute Gasteiger partial charge is 0.444 e. The second-order valence-corrected chi connectivity index (χ2v) is 7.20. The molecule has 2 rings (SSSR count). The minimum absolute atomic E-state index is 0.493. The van der Waals surface area contributed by atoms with E-state index >= 15 is 0 Å². The van der Waals surface area contributed by atoms with Crippen LogP contribution < -0.4 is 5.32 Å². The van der Waals surface area contributed by atoms with Gasteiger partial charge in [-0.2, -0.15) is 0 Å². The maximum absolute atomic E-state index is 12.2. The SMILES string of the molecule is CC(C)(C)OC(=O)N[C@@H](Cc1ccccc1)[C@@H](O)/C=C/c1ccccc1. The van der Waals surface area contributed by atoms with Crippen LogP contribution in [0.15, 0.2) is 66.7 Å². The van der Waals surface area contributed by atoms with Crippen molar-refractivity contribution in [3.05, 3.63) is 77.9 Å². The zero-order valence-electron chi connectivity index (χ0n) is 15.6. The molecule has 0 bridgehead atoms. The van der Waals surface area contributed by atoms with E-state index in [2.05, 4.69) is 5.32 Å². The first-order valence-corrected chi connectivity index (χ1v) is 8.78. The molecule has 2 atom stereocenters. The van der Waals surface area contributed by atoms with Crippen LogP contribution in [0.4, 0.5) is 4.79 Å². The van der Waals surface area contributed by atoms with E-state index in [-0.39, 0.29) is 0 Å². The van der Waals surface area contributed by atoms with Crippen molar-refractivity contribution in [3.63, 3.8) is 0 Å². The molecule has 0 aromatic heterocycles. The molecule has 0 aliphatic heterocycles. The van der Waals surface area contributed by atoms with Gasteiger partial charge in [0.2, 0.25) is 0 Å². The lowest BCUT2D eigenvalue weighted by Crippen LogP contribution is -2.46. The number of alkyl carbamates (subject to hydrolysis) is 1. The number of nitrogens with one attached hydrogen (secondary N) is 1. The molecule has 0 aliphatic rings. The molecule has 2 aromatic carbocycles. The number of benzene rings is 2. The molecule has 0 saturated heterocycles. The van der Waals surface area contributed by atoms with Gasteiger partial charge in [0.1, 0.15) is 5.60 Å². The van der Waals surface area contributed by atoms with Gasteiger partial charge in [0.25, 0.3) is 0 Å². The van der Waals surface area contributed by atoms with Crippen LogP contribution in [-0.2, 0) is 11.2 Å². The molecule has 26 heavy (non-hydrogen) atoms. The van der Waals surface area contributed by atoms with Crippen LogP contribution in [-0.4, -0.2) is 28.9 Å². The van der Waals surface area contributed by atoms with Crippen molar-refractivity contribution in [1.82, 2.24) is 5.32 Å². The summed E-state index contributed by atoms with van der Waals surface area (Å²) in [4.78, 5) is 12.2. The lowest BCUT2D eigenvalue weighted by Gasteiger charge is -2.25. The van der Waals surface area contributed by atoms with E-state index in [1.807, 2.05) is 87.5 Å². The summed E-state index contributed by atoms with van der Waals surface area (Å²) < 4.78 is 5.33. The Kier molecular flexibility index (Phi) is 6.98. The first kappa shape index (κ1) is 19.7. The predicted octanol–water partition coefficient (Wildman–Crippen LogP) is 4.20. The topological polar surface area (TPSA) is 58.6 Å². The summed E-state index contributed by atoms with van der Waals surface area (Å²) in [5.74, 6) is 0. The van der Waals surface area contributed by atoms with E-state index in [1.165, 1.54) is 0 Å². The van der Waals surface area contributed by atoms with Crippen LogP contribution in [0, 0.1) is 0 Å². The third-order valence-corrected chi connectivity index (χ3v) is 3.70. The van der Waals surface area contributed by atoms with Gasteiger partial charge in [-0.25, -0.2) is 4.79 Å². The molecule has 2 aromatic rings. The van der Waals surface area contributed by atoms with Crippen molar-refractivity contribution in [2.45, 2.75) is 44.9 Å². The summed E-state index contributed by atoms with van der Waals surface area (Å²) in [5, 5.41) is 13.4. The highest BCUT2D eigenvalue weighted by molar-refractivity contribution is 5.68. The van der Waals surface area contributed by atoms with Crippen molar-refractivity contribution in [2.75, 3.05) is 0 Å². The first-order chi connectivity index (χ1) is 12.3. The Morgan fingerprint density at radius 2 is 1.65 bits per heavy atom. The normalized spacial score (nSPS) is 14.0. The van der Waals surface area contributed by atoms with Crippen molar-refractivity contribution in [3.8, 4) is 0 Å². The maximum Gasteiger partial charge on any atom is 0.407 e. The molecule has 138 valence electrons. The molecule has 0 aliphatic carbocycles. The first-order valence-electron chi connectivity index (χ1n) is 8.78. The van der Waals surface area contributed by atoms with Gasteiger partial charge in [0.05, 0.1) is 12.1 Å². The van der Waals surface area contributed by atoms with Crippen LogP contribution in [0.25, 0.3) is 6.08 Å². The summed E-state index contributed by atoms with van der Waals surface area (Å²) in [6.07, 6.45) is 2.66. The van der Waals surface area contributed by atoms with E-state index in [1.54, 1.807) is 6.08 Å². The molecule has 0 unspecified atom stereocenters. The summed E-state index contributed by atoms with van der Waals surface area (Å²) in [6.45, 7) is 5.43. The Morgan fingerprint density at radius 1 is 1.08 bits per heavy atom. The summed E-state index contributed by atoms with van der Waals surface area (Å²) in [7, 11) is 0. The molecular weight excluding hydrogens is 326 g/mol. The number of aliphatic hydroxyl groups excluding tert-OH is 1. The number of aliphatic hydroxyl groups is 1. The Balaban J connectivity index is 2.10. The third kappa shape index (κ3) is 7.11. The zero-order valence-corrected chi connectivity index (χ0v) is 15.6. The molecule has 1 amide bonds. The van der Waals surface area contributed by atoms with Gasteiger partial charge in [-0.1, -0.05) is 72.8 Å². The Labute approximate surface area is 155 Å². The standard InChI is InChI=1S/C22H27NO3/c1-22(2,3)26-21(25)23-19(16-18-12-8-5-9-13-18)20(24)15-14-17-10-6-4-7-11-17/h4-15,19-20,24H,16H2,1-3H3,(H,23,25)/b15-14+/t19-,20-/m0/s1. The van der Waals surface area contributed by atoms with Crippen LogP contribution in [0.5, 0.6) is 0 Å². The molecule has 0 heterocycles. The van der Waals surface area contributed by atoms with E-state index in [4.69, 9.17) is 4.74 Å². The molecule has 4 heteroatoms. The fourth-order valence-corrected chi connectivity index (χ4v) is 2.49.